The van der Waals surface area contributed by atoms with Gasteiger partial charge in [-0.15, -0.1) is 0 Å². The van der Waals surface area contributed by atoms with E-state index in [0.717, 1.165) is 12.5 Å². The summed E-state index contributed by atoms with van der Waals surface area (Å²) in [5, 5.41) is 0. The molecule has 0 heterocycles. The van der Waals surface area contributed by atoms with E-state index in [2.05, 4.69) is 27.4 Å². The molecular formula is C15H28O5. The van der Waals surface area contributed by atoms with Crippen LogP contribution in [0.2, 0.25) is 0 Å². The Bertz CT molecular complexity index is 304. The van der Waals surface area contributed by atoms with E-state index in [1.807, 2.05) is 20.8 Å². The van der Waals surface area contributed by atoms with Crippen LogP contribution < -0.4 is 0 Å². The van der Waals surface area contributed by atoms with Gasteiger partial charge < -0.3 is 9.47 Å². The van der Waals surface area contributed by atoms with Crippen LogP contribution in [-0.2, 0) is 24.0 Å². The summed E-state index contributed by atoms with van der Waals surface area (Å²) in [6, 6.07) is 0. The Hall–Kier alpha value is -0.910. The quantitative estimate of drug-likeness (QED) is 0.214. The Morgan fingerprint density at radius 3 is 2.30 bits per heavy atom. The van der Waals surface area contributed by atoms with Crippen LogP contribution in [0.1, 0.15) is 48.0 Å². The van der Waals surface area contributed by atoms with E-state index in [0.29, 0.717) is 6.61 Å². The monoisotopic (exact) mass is 288 g/mol. The van der Waals surface area contributed by atoms with Crippen LogP contribution >= 0.6 is 0 Å². The lowest BCUT2D eigenvalue weighted by atomic mass is 9.84. The van der Waals surface area contributed by atoms with E-state index >= 15 is 0 Å². The zero-order valence-corrected chi connectivity index (χ0v) is 13.5. The molecule has 0 aliphatic heterocycles. The van der Waals surface area contributed by atoms with Gasteiger partial charge in [-0.25, -0.2) is 9.68 Å². The number of ether oxygens (including phenoxy) is 2. The predicted molar refractivity (Wildman–Crippen MR) is 76.9 cm³/mol. The first-order valence-electron chi connectivity index (χ1n) is 6.85. The van der Waals surface area contributed by atoms with E-state index in [9.17, 15) is 4.79 Å². The van der Waals surface area contributed by atoms with Crippen molar-refractivity contribution in [1.82, 2.24) is 0 Å². The molecule has 1 atom stereocenters. The topological polar surface area (TPSA) is 54.0 Å². The zero-order chi connectivity index (χ0) is 15.8. The molecule has 118 valence electrons. The fraction of sp³-hybridized carbons (Fsp3) is 0.800. The number of hydrogen-bond acceptors (Lipinski definition) is 5. The molecule has 0 aliphatic carbocycles. The van der Waals surface area contributed by atoms with Gasteiger partial charge in [-0.05, 0) is 32.6 Å². The van der Waals surface area contributed by atoms with Crippen LogP contribution in [0.4, 0.5) is 0 Å². The summed E-state index contributed by atoms with van der Waals surface area (Å²) in [5.74, 6) is -0.577. The molecule has 0 aromatic rings. The minimum Gasteiger partial charge on any atom is -0.427 e. The average molecular weight is 288 g/mol. The molecule has 0 aromatic carbocycles. The Morgan fingerprint density at radius 1 is 1.25 bits per heavy atom. The maximum absolute atomic E-state index is 11.2. The van der Waals surface area contributed by atoms with Gasteiger partial charge in [0.05, 0.1) is 5.60 Å². The molecule has 0 rings (SSSR count). The van der Waals surface area contributed by atoms with Gasteiger partial charge in [-0.2, -0.15) is 4.89 Å². The van der Waals surface area contributed by atoms with Crippen molar-refractivity contribution in [3.05, 3.63) is 12.7 Å². The highest BCUT2D eigenvalue weighted by Crippen LogP contribution is 2.29. The van der Waals surface area contributed by atoms with E-state index in [4.69, 9.17) is 19.2 Å². The van der Waals surface area contributed by atoms with Crippen LogP contribution in [-0.4, -0.2) is 31.1 Å². The van der Waals surface area contributed by atoms with Crippen molar-refractivity contribution in [2.24, 2.45) is 5.41 Å². The van der Waals surface area contributed by atoms with Crippen LogP contribution in [0.3, 0.4) is 0 Å². The highest BCUT2D eigenvalue weighted by molar-refractivity contribution is 5.81. The zero-order valence-electron chi connectivity index (χ0n) is 13.5. The molecule has 0 radical (unpaired) electrons. The van der Waals surface area contributed by atoms with Gasteiger partial charge in [-0.1, -0.05) is 27.4 Å². The molecule has 5 heteroatoms. The fourth-order valence-electron chi connectivity index (χ4n) is 1.96. The summed E-state index contributed by atoms with van der Waals surface area (Å²) in [6.07, 6.45) is 0.957. The summed E-state index contributed by atoms with van der Waals surface area (Å²) >= 11 is 0. The summed E-state index contributed by atoms with van der Waals surface area (Å²) in [5.41, 5.74) is -0.399. The van der Waals surface area contributed by atoms with Gasteiger partial charge in [0.15, 0.2) is 0 Å². The lowest BCUT2D eigenvalue weighted by Crippen LogP contribution is -2.35. The molecule has 5 nitrogen and oxygen atoms in total. The van der Waals surface area contributed by atoms with Gasteiger partial charge in [0.1, 0.15) is 6.61 Å². The second-order valence-corrected chi connectivity index (χ2v) is 6.41. The number of rotatable bonds is 9. The van der Waals surface area contributed by atoms with Crippen LogP contribution in [0.15, 0.2) is 12.7 Å². The second-order valence-electron chi connectivity index (χ2n) is 6.41. The van der Waals surface area contributed by atoms with Gasteiger partial charge in [0.2, 0.25) is 0 Å². The number of hydrogen-bond donors (Lipinski definition) is 0. The van der Waals surface area contributed by atoms with Crippen molar-refractivity contribution in [3.63, 3.8) is 0 Å². The smallest absolute Gasteiger partial charge is 0.332 e. The Balaban J connectivity index is 4.42. The largest absolute Gasteiger partial charge is 0.427 e. The lowest BCUT2D eigenvalue weighted by molar-refractivity contribution is -0.419. The van der Waals surface area contributed by atoms with Crippen molar-refractivity contribution < 1.29 is 24.0 Å². The van der Waals surface area contributed by atoms with Crippen LogP contribution in [0, 0.1) is 5.41 Å². The Labute approximate surface area is 122 Å². The Kier molecular flexibility index (Phi) is 8.01. The molecule has 0 saturated carbocycles. The molecular weight excluding hydrogens is 260 g/mol. The fourth-order valence-corrected chi connectivity index (χ4v) is 1.96. The van der Waals surface area contributed by atoms with E-state index < -0.39 is 17.9 Å². The van der Waals surface area contributed by atoms with Gasteiger partial charge >= 0.3 is 5.97 Å². The molecule has 20 heavy (non-hydrogen) atoms. The molecule has 0 bridgehead atoms. The number of esters is 1. The molecule has 0 aliphatic rings. The van der Waals surface area contributed by atoms with Crippen molar-refractivity contribution in [2.45, 2.75) is 59.9 Å². The molecule has 0 spiro atoms. The predicted octanol–water partition coefficient (Wildman–Crippen LogP) is 3.24. The van der Waals surface area contributed by atoms with Crippen molar-refractivity contribution in [3.8, 4) is 0 Å². The minimum absolute atomic E-state index is 0.0973. The number of carbonyl (C=O) groups excluding carboxylic acids is 1. The molecule has 0 N–H and O–H groups in total. The third-order valence-electron chi connectivity index (χ3n) is 2.21. The van der Waals surface area contributed by atoms with Gasteiger partial charge in [0.25, 0.3) is 6.29 Å². The van der Waals surface area contributed by atoms with E-state index in [1.165, 1.54) is 0 Å². The van der Waals surface area contributed by atoms with E-state index in [-0.39, 0.29) is 12.0 Å². The minimum atomic E-state index is -0.903. The maximum atomic E-state index is 11.2. The van der Waals surface area contributed by atoms with Crippen LogP contribution in [0.25, 0.3) is 0 Å². The van der Waals surface area contributed by atoms with Crippen molar-refractivity contribution >= 4 is 5.97 Å². The summed E-state index contributed by atoms with van der Waals surface area (Å²) < 4.78 is 10.2. The highest BCUT2D eigenvalue weighted by atomic mass is 17.2. The lowest BCUT2D eigenvalue weighted by Gasteiger charge is -2.32. The second kappa shape index (κ2) is 8.39. The first-order valence-corrected chi connectivity index (χ1v) is 6.85. The average Bonchev–Trinajstić information content (AvgIpc) is 2.29. The van der Waals surface area contributed by atoms with Crippen molar-refractivity contribution in [1.29, 1.82) is 0 Å². The summed E-state index contributed by atoms with van der Waals surface area (Å²) in [6.45, 7) is 16.0. The van der Waals surface area contributed by atoms with Gasteiger partial charge in [-0.3, -0.25) is 0 Å². The molecule has 0 aromatic heterocycles. The molecule has 0 fully saturated rings. The molecule has 0 saturated heterocycles. The highest BCUT2D eigenvalue weighted by Gasteiger charge is 2.29. The summed E-state index contributed by atoms with van der Waals surface area (Å²) in [4.78, 5) is 21.8. The normalized spacial score (nSPS) is 13.9. The van der Waals surface area contributed by atoms with Gasteiger partial charge in [0, 0.05) is 12.7 Å². The van der Waals surface area contributed by atoms with Crippen LogP contribution in [0.5, 0.6) is 0 Å². The maximum Gasteiger partial charge on any atom is 0.332 e. The molecule has 0 amide bonds. The SMILES string of the molecule is C=CC(=O)OC(COCC)OOC(C)(C)CC(C)(C)C. The van der Waals surface area contributed by atoms with Crippen molar-refractivity contribution in [2.75, 3.05) is 13.2 Å². The summed E-state index contributed by atoms with van der Waals surface area (Å²) in [7, 11) is 0. The standard InChI is InChI=1S/C15H28O5/c1-8-12(16)18-13(10-17-9-2)19-20-15(6,7)11-14(3,4)5/h8,13H,1,9-11H2,2-7H3. The number of carbonyl (C=O) groups is 1. The van der Waals surface area contributed by atoms with E-state index in [1.54, 1.807) is 0 Å². The third kappa shape index (κ3) is 9.95. The third-order valence-corrected chi connectivity index (χ3v) is 2.21. The molecule has 1 unspecified atom stereocenters. The first kappa shape index (κ1) is 19.1. The first-order chi connectivity index (χ1) is 9.09. The Morgan fingerprint density at radius 2 is 1.85 bits per heavy atom.